The second kappa shape index (κ2) is 14.1. The van der Waals surface area contributed by atoms with E-state index in [9.17, 15) is 24.3 Å². The zero-order chi connectivity index (χ0) is 12.5. The van der Waals surface area contributed by atoms with Crippen LogP contribution in [0.3, 0.4) is 0 Å². The van der Waals surface area contributed by atoms with Crippen molar-refractivity contribution in [2.45, 2.75) is 12.2 Å². The van der Waals surface area contributed by atoms with Crippen molar-refractivity contribution in [1.29, 1.82) is 0 Å². The van der Waals surface area contributed by atoms with E-state index in [1.807, 2.05) is 0 Å². The molecule has 0 amide bonds. The van der Waals surface area contributed by atoms with Crippen LogP contribution in [0.15, 0.2) is 11.5 Å². The Bertz CT molecular complexity index is 378. The molecule has 1 rings (SSSR count). The summed E-state index contributed by atoms with van der Waals surface area (Å²) in [5.41, 5.74) is 0. The largest absolute Gasteiger partial charge is 2.00 e. The SMILES string of the molecule is O.O.O.O.O.O=C1O[C@H]([C@@H](O)CO)C(O)=C1OP(=O)([O-])[O-].[Mg+2]. The van der Waals surface area contributed by atoms with E-state index in [1.165, 1.54) is 0 Å². The fourth-order valence-corrected chi connectivity index (χ4v) is 1.40. The first-order valence-corrected chi connectivity index (χ1v) is 5.37. The third kappa shape index (κ3) is 9.46. The Morgan fingerprint density at radius 3 is 1.95 bits per heavy atom. The van der Waals surface area contributed by atoms with E-state index in [0.717, 1.165) is 0 Å². The fourth-order valence-electron chi connectivity index (χ4n) is 1.01. The molecule has 0 saturated heterocycles. The molecular weight excluding hydrogens is 351 g/mol. The van der Waals surface area contributed by atoms with Gasteiger partial charge in [-0.05, 0) is 0 Å². The van der Waals surface area contributed by atoms with Crippen LogP contribution in [0, 0.1) is 0 Å². The standard InChI is InChI=1S/C6H9O9P.Mg.5H2O/c7-1-2(8)4-3(9)5(6(10)14-4)15-16(11,12)13;;;;;;/h2,4,7-9H,1H2,(H2,11,12,13);;5*1H2/q;+2;;;;;/p-2/t2-,4+;;;;;;/m0....../s1. The molecule has 14 nitrogen and oxygen atoms in total. The molecule has 0 aromatic rings. The molecule has 0 aromatic heterocycles. The Hall–Kier alpha value is -0.554. The number of aliphatic hydroxyl groups excluding tert-OH is 3. The summed E-state index contributed by atoms with van der Waals surface area (Å²) >= 11 is 0. The van der Waals surface area contributed by atoms with Crippen LogP contribution in [0.2, 0.25) is 0 Å². The number of ether oxygens (including phenoxy) is 1. The molecule has 0 radical (unpaired) electrons. The van der Waals surface area contributed by atoms with Crippen LogP contribution in [0.5, 0.6) is 0 Å². The van der Waals surface area contributed by atoms with Crippen molar-refractivity contribution < 1.29 is 71.1 Å². The predicted octanol–water partition coefficient (Wildman–Crippen LogP) is -7.62. The number of esters is 1. The number of rotatable bonds is 4. The summed E-state index contributed by atoms with van der Waals surface area (Å²) in [4.78, 5) is 31.4. The number of hydrogen-bond donors (Lipinski definition) is 3. The molecule has 0 aromatic carbocycles. The van der Waals surface area contributed by atoms with Crippen molar-refractivity contribution in [2.75, 3.05) is 6.61 Å². The second-order valence-electron chi connectivity index (χ2n) is 2.83. The van der Waals surface area contributed by atoms with Gasteiger partial charge in [0.1, 0.15) is 13.9 Å². The fraction of sp³-hybridized carbons (Fsp3) is 0.500. The van der Waals surface area contributed by atoms with E-state index >= 15 is 0 Å². The monoisotopic (exact) mass is 368 g/mol. The summed E-state index contributed by atoms with van der Waals surface area (Å²) in [6, 6.07) is 0. The Morgan fingerprint density at radius 2 is 1.64 bits per heavy atom. The van der Waals surface area contributed by atoms with Crippen molar-refractivity contribution in [1.82, 2.24) is 0 Å². The summed E-state index contributed by atoms with van der Waals surface area (Å²) in [6.45, 7) is -0.846. The van der Waals surface area contributed by atoms with Gasteiger partial charge in [0.15, 0.2) is 11.9 Å². The number of phosphoric acid groups is 1. The van der Waals surface area contributed by atoms with Crippen molar-refractivity contribution in [3.8, 4) is 0 Å². The average molecular weight is 368 g/mol. The van der Waals surface area contributed by atoms with Gasteiger partial charge in [-0.25, -0.2) is 4.79 Å². The number of aliphatic hydroxyl groups is 3. The Kier molecular flexibility index (Phi) is 24.0. The van der Waals surface area contributed by atoms with Crippen molar-refractivity contribution in [2.24, 2.45) is 0 Å². The Balaban J connectivity index is -0.000000107. The second-order valence-corrected chi connectivity index (χ2v) is 3.91. The first kappa shape index (κ1) is 37.6. The van der Waals surface area contributed by atoms with Gasteiger partial charge in [-0.15, -0.1) is 0 Å². The third-order valence-electron chi connectivity index (χ3n) is 1.66. The maximum Gasteiger partial charge on any atom is 2.00 e. The van der Waals surface area contributed by atoms with Gasteiger partial charge in [-0.2, -0.15) is 0 Å². The minimum absolute atomic E-state index is 0. The molecule has 0 bridgehead atoms. The van der Waals surface area contributed by atoms with Gasteiger partial charge in [-0.3, -0.25) is 0 Å². The summed E-state index contributed by atoms with van der Waals surface area (Å²) in [6.07, 6.45) is -3.30. The van der Waals surface area contributed by atoms with Gasteiger partial charge in [-0.1, -0.05) is 0 Å². The molecule has 13 N–H and O–H groups in total. The summed E-state index contributed by atoms with van der Waals surface area (Å²) in [5, 5.41) is 26.8. The molecule has 0 fully saturated rings. The van der Waals surface area contributed by atoms with Gasteiger partial charge in [0, 0.05) is 0 Å². The number of cyclic esters (lactones) is 1. The Labute approximate surface area is 138 Å². The number of hydrogen-bond acceptors (Lipinski definition) is 9. The van der Waals surface area contributed by atoms with Gasteiger partial charge < -0.3 is 66.3 Å². The molecule has 2 atom stereocenters. The van der Waals surface area contributed by atoms with Crippen LogP contribution >= 0.6 is 7.82 Å². The summed E-state index contributed by atoms with van der Waals surface area (Å²) < 4.78 is 18.2. The minimum atomic E-state index is -5.52. The molecule has 132 valence electrons. The van der Waals surface area contributed by atoms with E-state index in [1.54, 1.807) is 0 Å². The van der Waals surface area contributed by atoms with Gasteiger partial charge in [0.25, 0.3) is 5.76 Å². The van der Waals surface area contributed by atoms with Crippen molar-refractivity contribution in [3.05, 3.63) is 11.5 Å². The van der Waals surface area contributed by atoms with E-state index in [4.69, 9.17) is 10.2 Å². The molecule has 16 heteroatoms. The topological polar surface area (TPSA) is 317 Å². The van der Waals surface area contributed by atoms with Crippen molar-refractivity contribution >= 4 is 36.8 Å². The van der Waals surface area contributed by atoms with E-state index < -0.39 is 44.1 Å². The maximum absolute atomic E-state index is 10.9. The van der Waals surface area contributed by atoms with Crippen LogP contribution in [0.4, 0.5) is 0 Å². The first-order chi connectivity index (χ1) is 7.26. The molecule has 0 spiro atoms. The average Bonchev–Trinajstić information content (AvgIpc) is 2.42. The van der Waals surface area contributed by atoms with Gasteiger partial charge >= 0.3 is 29.0 Å². The maximum atomic E-state index is 10.9. The van der Waals surface area contributed by atoms with E-state index in [2.05, 4.69) is 9.26 Å². The summed E-state index contributed by atoms with van der Waals surface area (Å²) in [7, 11) is -5.52. The Morgan fingerprint density at radius 1 is 1.23 bits per heavy atom. The van der Waals surface area contributed by atoms with Crippen LogP contribution < -0.4 is 9.79 Å². The van der Waals surface area contributed by atoms with Crippen LogP contribution in [-0.4, -0.2) is 90.5 Å². The predicted molar refractivity (Wildman–Crippen MR) is 65.1 cm³/mol. The van der Waals surface area contributed by atoms with Crippen molar-refractivity contribution in [3.63, 3.8) is 0 Å². The minimum Gasteiger partial charge on any atom is -0.780 e. The number of carbonyl (C=O) groups excluding carboxylic acids is 1. The van der Waals surface area contributed by atoms with E-state index in [0.29, 0.717) is 0 Å². The third-order valence-corrected chi connectivity index (χ3v) is 2.07. The molecule has 0 aliphatic carbocycles. The number of phosphoric ester groups is 1. The number of carbonyl (C=O) groups is 1. The zero-order valence-corrected chi connectivity index (χ0v) is 13.1. The molecule has 0 saturated carbocycles. The quantitative estimate of drug-likeness (QED) is 0.240. The summed E-state index contributed by atoms with van der Waals surface area (Å²) in [5.74, 6) is -3.67. The normalized spacial score (nSPS) is 16.9. The van der Waals surface area contributed by atoms with Crippen LogP contribution in [0.25, 0.3) is 0 Å². The van der Waals surface area contributed by atoms with Crippen LogP contribution in [0.1, 0.15) is 0 Å². The van der Waals surface area contributed by atoms with E-state index in [-0.39, 0.29) is 50.4 Å². The smallest absolute Gasteiger partial charge is 0.780 e. The first-order valence-electron chi connectivity index (χ1n) is 3.91. The molecule has 22 heavy (non-hydrogen) atoms. The zero-order valence-electron chi connectivity index (χ0n) is 10.8. The molecule has 1 aliphatic rings. The molecule has 0 unspecified atom stereocenters. The van der Waals surface area contributed by atoms with Gasteiger partial charge in [0.05, 0.1) is 6.61 Å². The van der Waals surface area contributed by atoms with Gasteiger partial charge in [0.2, 0.25) is 0 Å². The molecule has 1 aliphatic heterocycles. The van der Waals surface area contributed by atoms with Crippen LogP contribution in [-0.2, 0) is 18.6 Å². The molecule has 1 heterocycles. The molecular formula is C6H17MgO14P.